The van der Waals surface area contributed by atoms with Gasteiger partial charge in [-0.3, -0.25) is 4.79 Å². The summed E-state index contributed by atoms with van der Waals surface area (Å²) >= 11 is 0. The van der Waals surface area contributed by atoms with E-state index in [1.54, 1.807) is 6.20 Å². The number of aromatic nitrogens is 1. The lowest BCUT2D eigenvalue weighted by Gasteiger charge is -2.22. The highest BCUT2D eigenvalue weighted by Crippen LogP contribution is 2.19. The van der Waals surface area contributed by atoms with Crippen molar-refractivity contribution in [1.82, 2.24) is 10.3 Å². The third-order valence-corrected chi connectivity index (χ3v) is 3.22. The van der Waals surface area contributed by atoms with Crippen molar-refractivity contribution in [1.29, 1.82) is 0 Å². The normalized spacial score (nSPS) is 19.2. The number of nitrogens with zero attached hydrogens (tertiary/aromatic N) is 1. The fraction of sp³-hybridized carbons (Fsp3) is 0.286. The van der Waals surface area contributed by atoms with Gasteiger partial charge in [-0.05, 0) is 0 Å². The van der Waals surface area contributed by atoms with E-state index in [2.05, 4.69) is 10.3 Å². The van der Waals surface area contributed by atoms with Gasteiger partial charge in [-0.1, -0.05) is 30.3 Å². The molecule has 19 heavy (non-hydrogen) atoms. The van der Waals surface area contributed by atoms with Crippen molar-refractivity contribution < 1.29 is 14.1 Å². The molecule has 1 amide bonds. The first kappa shape index (κ1) is 11.9. The van der Waals surface area contributed by atoms with E-state index in [1.807, 2.05) is 30.3 Å². The van der Waals surface area contributed by atoms with Gasteiger partial charge in [0, 0.05) is 5.56 Å². The second-order valence-corrected chi connectivity index (χ2v) is 4.69. The standard InChI is InChI=1S/C14H15N3O2/c18-13-9-17(7-6-15-13)10-14-16-8-12(19-14)11-4-2-1-3-5-11/h1-5,8H,6-7,9-10H2,(H,15,18)/p+1. The van der Waals surface area contributed by atoms with E-state index in [0.717, 1.165) is 24.4 Å². The van der Waals surface area contributed by atoms with Gasteiger partial charge in [0.05, 0.1) is 19.3 Å². The molecule has 0 radical (unpaired) electrons. The minimum Gasteiger partial charge on any atom is -0.435 e. The number of carbonyl (C=O) groups excluding carboxylic acids is 1. The maximum Gasteiger partial charge on any atom is 0.275 e. The van der Waals surface area contributed by atoms with Crippen molar-refractivity contribution in [3.8, 4) is 11.3 Å². The van der Waals surface area contributed by atoms with Crippen molar-refractivity contribution >= 4 is 5.91 Å². The Balaban J connectivity index is 1.70. The van der Waals surface area contributed by atoms with E-state index >= 15 is 0 Å². The molecule has 1 saturated heterocycles. The molecule has 0 bridgehead atoms. The zero-order valence-corrected chi connectivity index (χ0v) is 10.6. The maximum absolute atomic E-state index is 11.3. The van der Waals surface area contributed by atoms with E-state index in [0.29, 0.717) is 19.0 Å². The van der Waals surface area contributed by atoms with Gasteiger partial charge in [-0.2, -0.15) is 0 Å². The van der Waals surface area contributed by atoms with Gasteiger partial charge < -0.3 is 14.6 Å². The third-order valence-electron chi connectivity index (χ3n) is 3.22. The summed E-state index contributed by atoms with van der Waals surface area (Å²) in [5.74, 6) is 1.55. The van der Waals surface area contributed by atoms with Crippen molar-refractivity contribution in [2.75, 3.05) is 19.6 Å². The predicted octanol–water partition coefficient (Wildman–Crippen LogP) is -0.144. The second-order valence-electron chi connectivity index (χ2n) is 4.69. The number of hydrogen-bond donors (Lipinski definition) is 2. The van der Waals surface area contributed by atoms with Crippen LogP contribution in [-0.4, -0.2) is 30.5 Å². The number of hydrogen-bond acceptors (Lipinski definition) is 3. The molecule has 0 saturated carbocycles. The van der Waals surface area contributed by atoms with E-state index in [-0.39, 0.29) is 5.91 Å². The molecule has 2 heterocycles. The Morgan fingerprint density at radius 3 is 2.95 bits per heavy atom. The molecular formula is C14H16N3O2+. The molecule has 1 fully saturated rings. The average Bonchev–Trinajstić information content (AvgIpc) is 2.88. The Bertz CT molecular complexity index is 565. The number of oxazole rings is 1. The molecule has 1 atom stereocenters. The lowest BCUT2D eigenvalue weighted by Crippen LogP contribution is -3.14. The molecule has 2 aromatic rings. The predicted molar refractivity (Wildman–Crippen MR) is 69.3 cm³/mol. The fourth-order valence-corrected chi connectivity index (χ4v) is 2.25. The molecule has 1 aliphatic heterocycles. The molecule has 98 valence electrons. The smallest absolute Gasteiger partial charge is 0.275 e. The van der Waals surface area contributed by atoms with Gasteiger partial charge in [0.25, 0.3) is 11.8 Å². The van der Waals surface area contributed by atoms with Gasteiger partial charge in [-0.15, -0.1) is 0 Å². The minimum absolute atomic E-state index is 0.0936. The molecule has 5 heteroatoms. The van der Waals surface area contributed by atoms with Crippen molar-refractivity contribution in [2.45, 2.75) is 6.54 Å². The average molecular weight is 258 g/mol. The van der Waals surface area contributed by atoms with Crippen LogP contribution in [0.4, 0.5) is 0 Å². The SMILES string of the molecule is O=C1C[NH+](Cc2ncc(-c3ccccc3)o2)CCN1. The summed E-state index contributed by atoms with van der Waals surface area (Å²) in [7, 11) is 0. The topological polar surface area (TPSA) is 59.6 Å². The summed E-state index contributed by atoms with van der Waals surface area (Å²) in [6, 6.07) is 9.89. The summed E-state index contributed by atoms with van der Waals surface area (Å²) in [6.45, 7) is 2.78. The fourth-order valence-electron chi connectivity index (χ4n) is 2.25. The van der Waals surface area contributed by atoms with Crippen molar-refractivity contribution in [3.63, 3.8) is 0 Å². The van der Waals surface area contributed by atoms with Crippen LogP contribution in [0.1, 0.15) is 5.89 Å². The molecule has 0 aliphatic carbocycles. The number of rotatable bonds is 3. The van der Waals surface area contributed by atoms with E-state index in [1.165, 1.54) is 4.90 Å². The van der Waals surface area contributed by atoms with Gasteiger partial charge in [-0.25, -0.2) is 4.98 Å². The summed E-state index contributed by atoms with van der Waals surface area (Å²) in [5, 5.41) is 2.82. The Hall–Kier alpha value is -2.14. The largest absolute Gasteiger partial charge is 0.435 e. The van der Waals surface area contributed by atoms with E-state index < -0.39 is 0 Å². The summed E-state index contributed by atoms with van der Waals surface area (Å²) in [6.07, 6.45) is 1.74. The summed E-state index contributed by atoms with van der Waals surface area (Å²) < 4.78 is 5.74. The number of amides is 1. The van der Waals surface area contributed by atoms with Crippen LogP contribution in [-0.2, 0) is 11.3 Å². The number of piperazine rings is 1. The molecule has 3 rings (SSSR count). The number of quaternary nitrogens is 1. The monoisotopic (exact) mass is 258 g/mol. The zero-order chi connectivity index (χ0) is 13.1. The Morgan fingerprint density at radius 1 is 1.32 bits per heavy atom. The molecular weight excluding hydrogens is 242 g/mol. The van der Waals surface area contributed by atoms with Crippen LogP contribution in [0.2, 0.25) is 0 Å². The third kappa shape index (κ3) is 2.82. The van der Waals surface area contributed by atoms with Crippen molar-refractivity contribution in [2.24, 2.45) is 0 Å². The lowest BCUT2D eigenvalue weighted by atomic mass is 10.2. The first-order valence-corrected chi connectivity index (χ1v) is 6.41. The van der Waals surface area contributed by atoms with Crippen LogP contribution in [0.25, 0.3) is 11.3 Å². The Kier molecular flexibility index (Phi) is 3.29. The number of carbonyl (C=O) groups is 1. The molecule has 2 N–H and O–H groups in total. The van der Waals surface area contributed by atoms with E-state index in [4.69, 9.17) is 4.42 Å². The highest BCUT2D eigenvalue weighted by Gasteiger charge is 2.21. The summed E-state index contributed by atoms with van der Waals surface area (Å²) in [5.41, 5.74) is 1.02. The minimum atomic E-state index is 0.0936. The molecule has 1 aliphatic rings. The van der Waals surface area contributed by atoms with Crippen LogP contribution < -0.4 is 10.2 Å². The Morgan fingerprint density at radius 2 is 2.16 bits per heavy atom. The molecule has 1 aromatic carbocycles. The quantitative estimate of drug-likeness (QED) is 0.805. The zero-order valence-electron chi connectivity index (χ0n) is 10.6. The van der Waals surface area contributed by atoms with Crippen LogP contribution in [0.15, 0.2) is 40.9 Å². The lowest BCUT2D eigenvalue weighted by molar-refractivity contribution is -0.908. The van der Waals surface area contributed by atoms with Gasteiger partial charge >= 0.3 is 0 Å². The highest BCUT2D eigenvalue weighted by molar-refractivity contribution is 5.77. The highest BCUT2D eigenvalue weighted by atomic mass is 16.4. The number of nitrogens with one attached hydrogen (secondary N) is 2. The Labute approximate surface area is 111 Å². The molecule has 1 unspecified atom stereocenters. The molecule has 5 nitrogen and oxygen atoms in total. The second kappa shape index (κ2) is 5.24. The van der Waals surface area contributed by atoms with Crippen molar-refractivity contribution in [3.05, 3.63) is 42.4 Å². The van der Waals surface area contributed by atoms with Crippen LogP contribution in [0.5, 0.6) is 0 Å². The van der Waals surface area contributed by atoms with Gasteiger partial charge in [0.15, 0.2) is 18.8 Å². The molecule has 1 aromatic heterocycles. The summed E-state index contributed by atoms with van der Waals surface area (Å²) in [4.78, 5) is 16.8. The van der Waals surface area contributed by atoms with Gasteiger partial charge in [0.2, 0.25) is 0 Å². The van der Waals surface area contributed by atoms with Crippen LogP contribution in [0.3, 0.4) is 0 Å². The van der Waals surface area contributed by atoms with E-state index in [9.17, 15) is 4.79 Å². The maximum atomic E-state index is 11.3. The van der Waals surface area contributed by atoms with Crippen LogP contribution in [0, 0.1) is 0 Å². The van der Waals surface area contributed by atoms with Crippen LogP contribution >= 0.6 is 0 Å². The van der Waals surface area contributed by atoms with Gasteiger partial charge in [0.1, 0.15) is 0 Å². The number of benzene rings is 1. The first-order valence-electron chi connectivity index (χ1n) is 6.41. The first-order chi connectivity index (χ1) is 9.31. The molecule has 0 spiro atoms.